The maximum absolute atomic E-state index is 11.9. The topological polar surface area (TPSA) is 88.1 Å². The zero-order valence-electron chi connectivity index (χ0n) is 10.8. The van der Waals surface area contributed by atoms with E-state index in [1.165, 1.54) is 0 Å². The lowest BCUT2D eigenvalue weighted by Crippen LogP contribution is -2.18. The van der Waals surface area contributed by atoms with Gasteiger partial charge in [0.15, 0.2) is 5.11 Å². The number of hydrogen-bond donors (Lipinski definition) is 2. The van der Waals surface area contributed by atoms with Crippen LogP contribution in [0.15, 0.2) is 0 Å². The summed E-state index contributed by atoms with van der Waals surface area (Å²) in [6.07, 6.45) is 1.46. The van der Waals surface area contributed by atoms with Gasteiger partial charge in [0.25, 0.3) is 0 Å². The summed E-state index contributed by atoms with van der Waals surface area (Å²) in [6, 6.07) is 2.10. The molecule has 1 aromatic heterocycles. The van der Waals surface area contributed by atoms with Crippen LogP contribution >= 0.6 is 23.6 Å². The lowest BCUT2D eigenvalue weighted by Gasteiger charge is -2.02. The van der Waals surface area contributed by atoms with Crippen LogP contribution in [0.1, 0.15) is 41.1 Å². The van der Waals surface area contributed by atoms with Gasteiger partial charge in [0.1, 0.15) is 15.9 Å². The average molecular weight is 297 g/mol. The van der Waals surface area contributed by atoms with E-state index in [-0.39, 0.29) is 5.11 Å². The van der Waals surface area contributed by atoms with E-state index >= 15 is 0 Å². The maximum Gasteiger partial charge on any atom is 0.348 e. The van der Waals surface area contributed by atoms with E-state index in [9.17, 15) is 10.1 Å². The van der Waals surface area contributed by atoms with Gasteiger partial charge in [-0.3, -0.25) is 0 Å². The summed E-state index contributed by atoms with van der Waals surface area (Å²) in [6.45, 7) is 4.01. The number of carbonyl (C=O) groups is 1. The predicted molar refractivity (Wildman–Crippen MR) is 79.4 cm³/mol. The third-order valence-electron chi connectivity index (χ3n) is 2.32. The van der Waals surface area contributed by atoms with Crippen LogP contribution in [-0.4, -0.2) is 17.7 Å². The number of nitrogens with one attached hydrogen (secondary N) is 1. The molecule has 0 aliphatic heterocycles. The fraction of sp³-hybridized carbons (Fsp3) is 0.417. The lowest BCUT2D eigenvalue weighted by molar-refractivity contribution is 0.0531. The third kappa shape index (κ3) is 3.66. The standard InChI is InChI=1S/C12H15N3O2S2/c1-3-5-7-8(6-13)10(15-12(14)18)19-9(7)11(16)17-4-2/h3-5H2,1-2H3,(H3,14,15,18). The smallest absolute Gasteiger partial charge is 0.348 e. The number of hydrogen-bond acceptors (Lipinski definition) is 5. The Morgan fingerprint density at radius 2 is 2.26 bits per heavy atom. The molecule has 1 rings (SSSR count). The molecule has 7 heteroatoms. The fourth-order valence-corrected chi connectivity index (χ4v) is 2.91. The van der Waals surface area contributed by atoms with E-state index in [0.717, 1.165) is 17.8 Å². The minimum absolute atomic E-state index is 0.0659. The van der Waals surface area contributed by atoms with Crippen molar-refractivity contribution in [3.8, 4) is 6.07 Å². The second kappa shape index (κ2) is 7.07. The van der Waals surface area contributed by atoms with Crippen LogP contribution in [0.4, 0.5) is 5.00 Å². The van der Waals surface area contributed by atoms with Crippen molar-refractivity contribution in [3.63, 3.8) is 0 Å². The average Bonchev–Trinajstić information content (AvgIpc) is 2.67. The Morgan fingerprint density at radius 3 is 2.74 bits per heavy atom. The quantitative estimate of drug-likeness (QED) is 0.641. The highest BCUT2D eigenvalue weighted by molar-refractivity contribution is 7.80. The molecular formula is C12H15N3O2S2. The molecule has 1 heterocycles. The minimum Gasteiger partial charge on any atom is -0.462 e. The summed E-state index contributed by atoms with van der Waals surface area (Å²) in [5.74, 6) is -0.413. The first-order valence-corrected chi connectivity index (χ1v) is 7.06. The van der Waals surface area contributed by atoms with Crippen LogP contribution in [0.25, 0.3) is 0 Å². The van der Waals surface area contributed by atoms with Gasteiger partial charge in [0.05, 0.1) is 12.2 Å². The predicted octanol–water partition coefficient (Wildman–Crippen LogP) is 2.40. The molecule has 0 aromatic carbocycles. The molecule has 19 heavy (non-hydrogen) atoms. The molecule has 102 valence electrons. The maximum atomic E-state index is 11.9. The Labute approximate surface area is 121 Å². The first kappa shape index (κ1) is 15.4. The number of carbonyl (C=O) groups excluding carboxylic acids is 1. The van der Waals surface area contributed by atoms with Crippen molar-refractivity contribution in [3.05, 3.63) is 16.0 Å². The van der Waals surface area contributed by atoms with Gasteiger partial charge in [0.2, 0.25) is 0 Å². The van der Waals surface area contributed by atoms with Gasteiger partial charge >= 0.3 is 5.97 Å². The van der Waals surface area contributed by atoms with E-state index in [4.69, 9.17) is 22.7 Å². The van der Waals surface area contributed by atoms with Crippen LogP contribution in [0.5, 0.6) is 0 Å². The summed E-state index contributed by atoms with van der Waals surface area (Å²) < 4.78 is 5.00. The summed E-state index contributed by atoms with van der Waals surface area (Å²) in [7, 11) is 0. The lowest BCUT2D eigenvalue weighted by atomic mass is 10.1. The molecule has 1 aromatic rings. The molecular weight excluding hydrogens is 282 g/mol. The number of anilines is 1. The van der Waals surface area contributed by atoms with Gasteiger partial charge in [-0.05, 0) is 31.1 Å². The largest absolute Gasteiger partial charge is 0.462 e. The number of nitriles is 1. The highest BCUT2D eigenvalue weighted by Crippen LogP contribution is 2.34. The number of nitrogens with zero attached hydrogens (tertiary/aromatic N) is 1. The zero-order valence-corrected chi connectivity index (χ0v) is 12.4. The number of ether oxygens (including phenoxy) is 1. The van der Waals surface area contributed by atoms with Crippen molar-refractivity contribution in [2.75, 3.05) is 11.9 Å². The molecule has 0 aliphatic carbocycles. The zero-order chi connectivity index (χ0) is 14.4. The number of thiophene rings is 1. The van der Waals surface area contributed by atoms with Crippen molar-refractivity contribution < 1.29 is 9.53 Å². The van der Waals surface area contributed by atoms with Crippen LogP contribution in [0.3, 0.4) is 0 Å². The van der Waals surface area contributed by atoms with Crippen LogP contribution in [-0.2, 0) is 11.2 Å². The normalized spacial score (nSPS) is 9.74. The molecule has 5 nitrogen and oxygen atoms in total. The molecule has 0 amide bonds. The van der Waals surface area contributed by atoms with Crippen molar-refractivity contribution in [2.45, 2.75) is 26.7 Å². The van der Waals surface area contributed by atoms with Gasteiger partial charge < -0.3 is 15.8 Å². The van der Waals surface area contributed by atoms with E-state index in [0.29, 0.717) is 34.0 Å². The van der Waals surface area contributed by atoms with Crippen molar-refractivity contribution >= 4 is 39.6 Å². The Kier molecular flexibility index (Phi) is 5.73. The first-order chi connectivity index (χ1) is 9.04. The number of thiocarbonyl (C=S) groups is 1. The van der Waals surface area contributed by atoms with E-state index in [1.807, 2.05) is 6.92 Å². The summed E-state index contributed by atoms with van der Waals surface area (Å²) >= 11 is 5.92. The Balaban J connectivity index is 3.29. The highest BCUT2D eigenvalue weighted by Gasteiger charge is 2.23. The third-order valence-corrected chi connectivity index (χ3v) is 3.55. The van der Waals surface area contributed by atoms with Crippen molar-refractivity contribution in [1.82, 2.24) is 0 Å². The minimum atomic E-state index is -0.413. The monoisotopic (exact) mass is 297 g/mol. The molecule has 0 spiro atoms. The molecule has 0 bridgehead atoms. The molecule has 0 saturated heterocycles. The number of nitrogens with two attached hydrogens (primary N) is 1. The van der Waals surface area contributed by atoms with Gasteiger partial charge in [-0.25, -0.2) is 4.79 Å². The second-order valence-corrected chi connectivity index (χ2v) is 5.15. The van der Waals surface area contributed by atoms with Crippen molar-refractivity contribution in [1.29, 1.82) is 5.26 Å². The summed E-state index contributed by atoms with van der Waals surface area (Å²) in [5, 5.41) is 12.5. The second-order valence-electron chi connectivity index (χ2n) is 3.69. The van der Waals surface area contributed by atoms with Crippen LogP contribution in [0, 0.1) is 11.3 Å². The highest BCUT2D eigenvalue weighted by atomic mass is 32.1. The molecule has 0 saturated carbocycles. The summed E-state index contributed by atoms with van der Waals surface area (Å²) in [5.41, 5.74) is 6.54. The van der Waals surface area contributed by atoms with Crippen LogP contribution < -0.4 is 11.1 Å². The van der Waals surface area contributed by atoms with Gasteiger partial charge in [-0.1, -0.05) is 13.3 Å². The molecule has 0 aliphatic rings. The molecule has 3 N–H and O–H groups in total. The molecule has 0 atom stereocenters. The Bertz CT molecular complexity index is 532. The van der Waals surface area contributed by atoms with Crippen LogP contribution in [0.2, 0.25) is 0 Å². The first-order valence-electron chi connectivity index (χ1n) is 5.84. The molecule has 0 radical (unpaired) electrons. The number of rotatable bonds is 5. The summed E-state index contributed by atoms with van der Waals surface area (Å²) in [4.78, 5) is 12.3. The SMILES string of the molecule is CCCc1c(C(=O)OCC)sc(NC(N)=S)c1C#N. The van der Waals surface area contributed by atoms with E-state index in [1.54, 1.807) is 6.92 Å². The van der Waals surface area contributed by atoms with Gasteiger partial charge in [-0.2, -0.15) is 5.26 Å². The molecule has 0 unspecified atom stereocenters. The Morgan fingerprint density at radius 1 is 1.58 bits per heavy atom. The van der Waals surface area contributed by atoms with Gasteiger partial charge in [0, 0.05) is 0 Å². The van der Waals surface area contributed by atoms with Gasteiger partial charge in [-0.15, -0.1) is 11.3 Å². The molecule has 0 fully saturated rings. The number of esters is 1. The Hall–Kier alpha value is -1.65. The van der Waals surface area contributed by atoms with Crippen molar-refractivity contribution in [2.24, 2.45) is 5.73 Å². The fourth-order valence-electron chi connectivity index (χ4n) is 1.63. The van der Waals surface area contributed by atoms with E-state index < -0.39 is 5.97 Å². The van der Waals surface area contributed by atoms with E-state index in [2.05, 4.69) is 11.4 Å².